The Hall–Kier alpha value is -1.62. The lowest BCUT2D eigenvalue weighted by Crippen LogP contribution is -2.27. The second-order valence-corrected chi connectivity index (χ2v) is 6.21. The molecule has 1 aromatic heterocycles. The molecule has 0 radical (unpaired) electrons. The Morgan fingerprint density at radius 3 is 2.57 bits per heavy atom. The number of aromatic nitrogens is 1. The molecule has 1 heterocycles. The highest BCUT2D eigenvalue weighted by Gasteiger charge is 2.12. The van der Waals surface area contributed by atoms with Gasteiger partial charge in [0.1, 0.15) is 0 Å². The summed E-state index contributed by atoms with van der Waals surface area (Å²) in [6, 6.07) is 5.75. The average Bonchev–Trinajstić information content (AvgIpc) is 2.84. The first kappa shape index (κ1) is 17.4. The van der Waals surface area contributed by atoms with E-state index in [-0.39, 0.29) is 5.91 Å². The fourth-order valence-electron chi connectivity index (χ4n) is 2.22. The van der Waals surface area contributed by atoms with Crippen molar-refractivity contribution in [3.8, 4) is 0 Å². The van der Waals surface area contributed by atoms with Gasteiger partial charge in [0.2, 0.25) is 0 Å². The number of nitrogens with one attached hydrogen (secondary N) is 1. The summed E-state index contributed by atoms with van der Waals surface area (Å²) < 4.78 is 13.0. The summed E-state index contributed by atoms with van der Waals surface area (Å²) in [7, 11) is 1.09. The van der Waals surface area contributed by atoms with E-state index in [9.17, 15) is 9.00 Å². The van der Waals surface area contributed by atoms with E-state index >= 15 is 0 Å². The number of hydrogen-bond acceptors (Lipinski definition) is 2. The van der Waals surface area contributed by atoms with Gasteiger partial charge in [-0.1, -0.05) is 19.9 Å². The van der Waals surface area contributed by atoms with Crippen LogP contribution >= 0.6 is 0 Å². The molecule has 0 fully saturated rings. The van der Waals surface area contributed by atoms with E-state index in [0.717, 1.165) is 16.5 Å². The van der Waals surface area contributed by atoms with Crippen molar-refractivity contribution < 1.29 is 9.00 Å². The molecule has 0 aliphatic rings. The summed E-state index contributed by atoms with van der Waals surface area (Å²) in [4.78, 5) is 12.1. The fourth-order valence-corrected chi connectivity index (χ4v) is 2.61. The molecule has 116 valence electrons. The van der Waals surface area contributed by atoms with Gasteiger partial charge in [0, 0.05) is 53.5 Å². The maximum atomic E-state index is 12.1. The second kappa shape index (κ2) is 7.98. The van der Waals surface area contributed by atoms with E-state index in [1.54, 1.807) is 6.26 Å². The van der Waals surface area contributed by atoms with E-state index in [0.29, 0.717) is 17.9 Å². The van der Waals surface area contributed by atoms with Crippen LogP contribution in [0.4, 0.5) is 0 Å². The molecule has 5 heteroatoms. The van der Waals surface area contributed by atoms with E-state index in [4.69, 9.17) is 0 Å². The van der Waals surface area contributed by atoms with E-state index in [2.05, 4.69) is 5.32 Å². The van der Waals surface area contributed by atoms with Crippen molar-refractivity contribution in [2.75, 3.05) is 18.6 Å². The monoisotopic (exact) mass is 308 g/mol. The van der Waals surface area contributed by atoms with Crippen LogP contribution in [0.15, 0.2) is 24.4 Å². The molecule has 1 N–H and O–H groups in total. The van der Waals surface area contributed by atoms with Crippen molar-refractivity contribution in [3.63, 3.8) is 0 Å². The third kappa shape index (κ3) is 4.17. The number of amides is 1. The topological polar surface area (TPSA) is 51.1 Å². The summed E-state index contributed by atoms with van der Waals surface area (Å²) in [6.07, 6.45) is 3.59. The summed E-state index contributed by atoms with van der Waals surface area (Å²) in [5, 5.41) is 3.77. The van der Waals surface area contributed by atoms with Gasteiger partial charge >= 0.3 is 0 Å². The minimum atomic E-state index is -0.884. The smallest absolute Gasteiger partial charge is 0.251 e. The van der Waals surface area contributed by atoms with Gasteiger partial charge in [-0.05, 0) is 24.6 Å². The summed E-state index contributed by atoms with van der Waals surface area (Å²) in [6.45, 7) is 6.47. The summed E-state index contributed by atoms with van der Waals surface area (Å²) in [5.41, 5.74) is 2.89. The highest BCUT2D eigenvalue weighted by atomic mass is 32.2. The molecule has 2 rings (SSSR count). The lowest BCUT2D eigenvalue weighted by atomic mass is 10.1. The zero-order chi connectivity index (χ0) is 16.0. The molecule has 0 bridgehead atoms. The Labute approximate surface area is 129 Å². The van der Waals surface area contributed by atoms with Crippen molar-refractivity contribution in [2.45, 2.75) is 20.8 Å². The standard InChI is InChI=1S/C14H18N2O2S.C2H6/c1-10-4-5-12(11-6-8-16(2)13(10)11)14(17)15-7-9-19(3)18;1-2/h4-6,8H,7,9H2,1-3H3,(H,15,17);1-2H3. The predicted octanol–water partition coefficient (Wildman–Crippen LogP) is 2.62. The first-order valence-electron chi connectivity index (χ1n) is 7.13. The molecule has 2 aromatic rings. The van der Waals surface area contributed by atoms with Crippen molar-refractivity contribution in [3.05, 3.63) is 35.5 Å². The van der Waals surface area contributed by atoms with Gasteiger partial charge in [-0.3, -0.25) is 9.00 Å². The lowest BCUT2D eigenvalue weighted by Gasteiger charge is -2.08. The van der Waals surface area contributed by atoms with E-state index in [1.807, 2.05) is 56.8 Å². The van der Waals surface area contributed by atoms with Crippen LogP contribution in [-0.2, 0) is 17.8 Å². The number of rotatable bonds is 4. The number of benzene rings is 1. The first-order valence-corrected chi connectivity index (χ1v) is 8.86. The highest BCUT2D eigenvalue weighted by Crippen LogP contribution is 2.23. The quantitative estimate of drug-likeness (QED) is 0.944. The third-order valence-electron chi connectivity index (χ3n) is 3.16. The van der Waals surface area contributed by atoms with Crippen molar-refractivity contribution in [2.24, 2.45) is 7.05 Å². The molecule has 21 heavy (non-hydrogen) atoms. The van der Waals surface area contributed by atoms with Crippen LogP contribution in [0.5, 0.6) is 0 Å². The SMILES string of the molecule is CC.Cc1ccc(C(=O)NCCS(C)=O)c2ccn(C)c12. The third-order valence-corrected chi connectivity index (χ3v) is 3.94. The summed E-state index contributed by atoms with van der Waals surface area (Å²) in [5.74, 6) is 0.372. The molecule has 1 aromatic carbocycles. The average molecular weight is 308 g/mol. The molecular weight excluding hydrogens is 284 g/mol. The molecule has 0 saturated heterocycles. The molecule has 4 nitrogen and oxygen atoms in total. The number of carbonyl (C=O) groups is 1. The maximum Gasteiger partial charge on any atom is 0.251 e. The normalized spacial score (nSPS) is 11.7. The van der Waals surface area contributed by atoms with Gasteiger partial charge in [-0.15, -0.1) is 0 Å². The van der Waals surface area contributed by atoms with E-state index < -0.39 is 10.8 Å². The molecule has 1 unspecified atom stereocenters. The fraction of sp³-hybridized carbons (Fsp3) is 0.438. The molecular formula is C16H24N2O2S. The Kier molecular flexibility index (Phi) is 6.62. The van der Waals surface area contributed by atoms with Crippen molar-refractivity contribution in [1.29, 1.82) is 0 Å². The minimum absolute atomic E-state index is 0.110. The Morgan fingerprint density at radius 1 is 1.29 bits per heavy atom. The first-order chi connectivity index (χ1) is 10.0. The largest absolute Gasteiger partial charge is 0.351 e. The van der Waals surface area contributed by atoms with Gasteiger partial charge in [0.05, 0.1) is 5.52 Å². The van der Waals surface area contributed by atoms with Gasteiger partial charge in [0.15, 0.2) is 0 Å². The zero-order valence-electron chi connectivity index (χ0n) is 13.4. The lowest BCUT2D eigenvalue weighted by molar-refractivity contribution is 0.0958. The second-order valence-electron chi connectivity index (χ2n) is 4.65. The Balaban J connectivity index is 0.00000106. The maximum absolute atomic E-state index is 12.1. The number of nitrogens with zero attached hydrogens (tertiary/aromatic N) is 1. The van der Waals surface area contributed by atoms with Gasteiger partial charge in [-0.2, -0.15) is 0 Å². The van der Waals surface area contributed by atoms with Crippen LogP contribution in [0, 0.1) is 6.92 Å². The van der Waals surface area contributed by atoms with Crippen molar-refractivity contribution in [1.82, 2.24) is 9.88 Å². The zero-order valence-corrected chi connectivity index (χ0v) is 14.2. The Morgan fingerprint density at radius 2 is 1.95 bits per heavy atom. The van der Waals surface area contributed by atoms with Crippen LogP contribution in [0.2, 0.25) is 0 Å². The molecule has 1 atom stereocenters. The van der Waals surface area contributed by atoms with E-state index in [1.165, 1.54) is 0 Å². The van der Waals surface area contributed by atoms with Crippen LogP contribution < -0.4 is 5.32 Å². The van der Waals surface area contributed by atoms with Gasteiger partial charge in [-0.25, -0.2) is 0 Å². The highest BCUT2D eigenvalue weighted by molar-refractivity contribution is 7.84. The van der Waals surface area contributed by atoms with Crippen LogP contribution in [0.1, 0.15) is 29.8 Å². The number of fused-ring (bicyclic) bond motifs is 1. The molecule has 0 aliphatic carbocycles. The van der Waals surface area contributed by atoms with Crippen molar-refractivity contribution >= 4 is 27.6 Å². The summed E-state index contributed by atoms with van der Waals surface area (Å²) >= 11 is 0. The van der Waals surface area contributed by atoms with Crippen LogP contribution in [-0.4, -0.2) is 33.2 Å². The predicted molar refractivity (Wildman–Crippen MR) is 90.3 cm³/mol. The Bertz CT molecular complexity index is 647. The number of aryl methyl sites for hydroxylation is 2. The number of hydrogen-bond donors (Lipinski definition) is 1. The van der Waals surface area contributed by atoms with Crippen LogP contribution in [0.3, 0.4) is 0 Å². The van der Waals surface area contributed by atoms with Gasteiger partial charge < -0.3 is 9.88 Å². The van der Waals surface area contributed by atoms with Crippen LogP contribution in [0.25, 0.3) is 10.9 Å². The molecule has 1 amide bonds. The molecule has 0 saturated carbocycles. The van der Waals surface area contributed by atoms with Gasteiger partial charge in [0.25, 0.3) is 5.91 Å². The molecule has 0 spiro atoms. The minimum Gasteiger partial charge on any atom is -0.351 e. The molecule has 0 aliphatic heterocycles. The number of carbonyl (C=O) groups excluding carboxylic acids is 1.